The summed E-state index contributed by atoms with van der Waals surface area (Å²) in [6.07, 6.45) is 3.48. The van der Waals surface area contributed by atoms with Gasteiger partial charge in [0, 0.05) is 12.5 Å². The summed E-state index contributed by atoms with van der Waals surface area (Å²) in [6.45, 7) is 2.08. The first-order chi connectivity index (χ1) is 9.70. The van der Waals surface area contributed by atoms with E-state index >= 15 is 0 Å². The standard InChI is InChI=1S/C15H16FN3O/c1-10(4-6-12-3-2-8-20-12)17-15-18-13-7-5-11(16)9-14(13)19-15/h2-3,5,7-10H,4,6H2,1H3,(H2,17,18,19). The fourth-order valence-electron chi connectivity index (χ4n) is 2.17. The Balaban J connectivity index is 1.63. The van der Waals surface area contributed by atoms with Gasteiger partial charge in [-0.1, -0.05) is 0 Å². The van der Waals surface area contributed by atoms with Crippen molar-refractivity contribution >= 4 is 17.0 Å². The van der Waals surface area contributed by atoms with Crippen molar-refractivity contribution in [3.8, 4) is 0 Å². The van der Waals surface area contributed by atoms with Gasteiger partial charge in [0.2, 0.25) is 5.95 Å². The number of aryl methyl sites for hydroxylation is 1. The fraction of sp³-hybridized carbons (Fsp3) is 0.267. The molecule has 1 aromatic carbocycles. The molecule has 3 rings (SSSR count). The average Bonchev–Trinajstić information content (AvgIpc) is 3.04. The highest BCUT2D eigenvalue weighted by molar-refractivity contribution is 5.77. The van der Waals surface area contributed by atoms with Gasteiger partial charge in [0.15, 0.2) is 0 Å². The Morgan fingerprint density at radius 2 is 2.30 bits per heavy atom. The van der Waals surface area contributed by atoms with E-state index in [1.807, 2.05) is 12.1 Å². The molecular formula is C15H16FN3O. The largest absolute Gasteiger partial charge is 0.469 e. The van der Waals surface area contributed by atoms with E-state index in [0.717, 1.165) is 24.1 Å². The van der Waals surface area contributed by atoms with Gasteiger partial charge in [-0.15, -0.1) is 0 Å². The number of rotatable bonds is 5. The first-order valence-corrected chi connectivity index (χ1v) is 6.65. The monoisotopic (exact) mass is 273 g/mol. The number of hydrogen-bond donors (Lipinski definition) is 2. The molecule has 5 heteroatoms. The molecule has 0 radical (unpaired) electrons. The number of imidazole rings is 1. The molecule has 0 aliphatic rings. The number of halogens is 1. The van der Waals surface area contributed by atoms with Crippen molar-refractivity contribution in [3.05, 3.63) is 48.2 Å². The summed E-state index contributed by atoms with van der Waals surface area (Å²) in [5.74, 6) is 1.38. The van der Waals surface area contributed by atoms with Gasteiger partial charge < -0.3 is 14.7 Å². The summed E-state index contributed by atoms with van der Waals surface area (Å²) < 4.78 is 18.4. The van der Waals surface area contributed by atoms with Gasteiger partial charge in [-0.2, -0.15) is 0 Å². The molecule has 20 heavy (non-hydrogen) atoms. The van der Waals surface area contributed by atoms with Crippen LogP contribution in [-0.4, -0.2) is 16.0 Å². The lowest BCUT2D eigenvalue weighted by molar-refractivity contribution is 0.494. The zero-order chi connectivity index (χ0) is 13.9. The average molecular weight is 273 g/mol. The predicted molar refractivity (Wildman–Crippen MR) is 76.2 cm³/mol. The smallest absolute Gasteiger partial charge is 0.201 e. The van der Waals surface area contributed by atoms with E-state index in [0.29, 0.717) is 11.5 Å². The molecule has 2 aromatic heterocycles. The summed E-state index contributed by atoms with van der Waals surface area (Å²) in [6, 6.07) is 8.62. The van der Waals surface area contributed by atoms with Crippen molar-refractivity contribution < 1.29 is 8.81 Å². The molecule has 0 bridgehead atoms. The van der Waals surface area contributed by atoms with E-state index in [-0.39, 0.29) is 11.9 Å². The Morgan fingerprint density at radius 3 is 3.10 bits per heavy atom. The predicted octanol–water partition coefficient (Wildman–Crippen LogP) is 3.73. The van der Waals surface area contributed by atoms with Gasteiger partial charge in [0.25, 0.3) is 0 Å². The van der Waals surface area contributed by atoms with Gasteiger partial charge in [-0.25, -0.2) is 9.37 Å². The van der Waals surface area contributed by atoms with Crippen LogP contribution >= 0.6 is 0 Å². The summed E-state index contributed by atoms with van der Waals surface area (Å²) >= 11 is 0. The molecule has 0 amide bonds. The SMILES string of the molecule is CC(CCc1ccco1)Nc1nc2ccc(F)cc2[nH]1. The number of aromatic amines is 1. The number of fused-ring (bicyclic) bond motifs is 1. The molecular weight excluding hydrogens is 257 g/mol. The van der Waals surface area contributed by atoms with Crippen molar-refractivity contribution in [3.63, 3.8) is 0 Å². The number of furan rings is 1. The number of hydrogen-bond acceptors (Lipinski definition) is 3. The Bertz CT molecular complexity index is 690. The van der Waals surface area contributed by atoms with Crippen molar-refractivity contribution in [2.24, 2.45) is 0 Å². The van der Waals surface area contributed by atoms with Crippen LogP contribution in [0.5, 0.6) is 0 Å². The van der Waals surface area contributed by atoms with Gasteiger partial charge in [-0.3, -0.25) is 0 Å². The Hall–Kier alpha value is -2.30. The minimum Gasteiger partial charge on any atom is -0.469 e. The Kier molecular flexibility index (Phi) is 3.41. The normalized spacial score (nSPS) is 12.7. The lowest BCUT2D eigenvalue weighted by atomic mass is 10.1. The minimum atomic E-state index is -0.265. The van der Waals surface area contributed by atoms with E-state index in [1.54, 1.807) is 12.3 Å². The number of anilines is 1. The number of H-pyrrole nitrogens is 1. The van der Waals surface area contributed by atoms with Gasteiger partial charge in [0.05, 0.1) is 17.3 Å². The molecule has 4 nitrogen and oxygen atoms in total. The third-order valence-corrected chi connectivity index (χ3v) is 3.23. The second-order valence-corrected chi connectivity index (χ2v) is 4.91. The molecule has 0 saturated heterocycles. The van der Waals surface area contributed by atoms with Crippen LogP contribution in [0.15, 0.2) is 41.0 Å². The van der Waals surface area contributed by atoms with Crippen LogP contribution in [0.3, 0.4) is 0 Å². The van der Waals surface area contributed by atoms with Crippen molar-refractivity contribution in [2.75, 3.05) is 5.32 Å². The van der Waals surface area contributed by atoms with Gasteiger partial charge in [-0.05, 0) is 43.7 Å². The van der Waals surface area contributed by atoms with E-state index in [9.17, 15) is 4.39 Å². The maximum absolute atomic E-state index is 13.1. The van der Waals surface area contributed by atoms with Crippen LogP contribution in [0, 0.1) is 5.82 Å². The number of nitrogens with zero attached hydrogens (tertiary/aromatic N) is 1. The molecule has 0 saturated carbocycles. The third-order valence-electron chi connectivity index (χ3n) is 3.23. The van der Waals surface area contributed by atoms with E-state index in [4.69, 9.17) is 4.42 Å². The number of nitrogens with one attached hydrogen (secondary N) is 2. The minimum absolute atomic E-state index is 0.241. The van der Waals surface area contributed by atoms with Crippen LogP contribution in [0.25, 0.3) is 11.0 Å². The van der Waals surface area contributed by atoms with Gasteiger partial charge >= 0.3 is 0 Å². The van der Waals surface area contributed by atoms with E-state index in [2.05, 4.69) is 22.2 Å². The van der Waals surface area contributed by atoms with Crippen LogP contribution in [0.2, 0.25) is 0 Å². The topological polar surface area (TPSA) is 53.9 Å². The van der Waals surface area contributed by atoms with Crippen molar-refractivity contribution in [2.45, 2.75) is 25.8 Å². The van der Waals surface area contributed by atoms with Crippen LogP contribution in [-0.2, 0) is 6.42 Å². The van der Waals surface area contributed by atoms with Crippen LogP contribution in [0.1, 0.15) is 19.1 Å². The molecule has 0 spiro atoms. The molecule has 0 fully saturated rings. The lowest BCUT2D eigenvalue weighted by Crippen LogP contribution is -2.16. The summed E-state index contributed by atoms with van der Waals surface area (Å²) in [5.41, 5.74) is 1.46. The maximum atomic E-state index is 13.1. The van der Waals surface area contributed by atoms with Gasteiger partial charge in [0.1, 0.15) is 11.6 Å². The second kappa shape index (κ2) is 5.36. The van der Waals surface area contributed by atoms with Crippen LogP contribution in [0.4, 0.5) is 10.3 Å². The summed E-state index contributed by atoms with van der Waals surface area (Å²) in [4.78, 5) is 7.46. The number of aromatic nitrogens is 2. The first kappa shape index (κ1) is 12.7. The van der Waals surface area contributed by atoms with Crippen LogP contribution < -0.4 is 5.32 Å². The third kappa shape index (κ3) is 2.82. The summed E-state index contributed by atoms with van der Waals surface area (Å²) in [5, 5.41) is 3.28. The highest BCUT2D eigenvalue weighted by Crippen LogP contribution is 2.16. The Morgan fingerprint density at radius 1 is 1.40 bits per heavy atom. The Labute approximate surface area is 116 Å². The molecule has 0 aliphatic heterocycles. The second-order valence-electron chi connectivity index (χ2n) is 4.91. The van der Waals surface area contributed by atoms with E-state index in [1.165, 1.54) is 12.1 Å². The first-order valence-electron chi connectivity index (χ1n) is 6.65. The molecule has 104 valence electrons. The number of benzene rings is 1. The zero-order valence-corrected chi connectivity index (χ0v) is 11.2. The molecule has 1 atom stereocenters. The van der Waals surface area contributed by atoms with E-state index < -0.39 is 0 Å². The maximum Gasteiger partial charge on any atom is 0.201 e. The lowest BCUT2D eigenvalue weighted by Gasteiger charge is -2.11. The fourth-order valence-corrected chi connectivity index (χ4v) is 2.17. The molecule has 0 aliphatic carbocycles. The highest BCUT2D eigenvalue weighted by Gasteiger charge is 2.08. The van der Waals surface area contributed by atoms with Crippen molar-refractivity contribution in [1.82, 2.24) is 9.97 Å². The highest BCUT2D eigenvalue weighted by atomic mass is 19.1. The molecule has 2 heterocycles. The zero-order valence-electron chi connectivity index (χ0n) is 11.2. The van der Waals surface area contributed by atoms with Crippen molar-refractivity contribution in [1.29, 1.82) is 0 Å². The molecule has 2 N–H and O–H groups in total. The summed E-state index contributed by atoms with van der Waals surface area (Å²) in [7, 11) is 0. The molecule has 1 unspecified atom stereocenters. The molecule has 3 aromatic rings. The quantitative estimate of drug-likeness (QED) is 0.744.